The average Bonchev–Trinajstić information content (AvgIpc) is 3.18. The molecule has 1 saturated heterocycles. The van der Waals surface area contributed by atoms with Crippen LogP contribution < -0.4 is 4.90 Å². The molecule has 0 bridgehead atoms. The van der Waals surface area contributed by atoms with Crippen LogP contribution in [0, 0.1) is 6.92 Å². The third-order valence-corrected chi connectivity index (χ3v) is 7.42. The lowest BCUT2D eigenvalue weighted by Crippen LogP contribution is -2.49. The van der Waals surface area contributed by atoms with Gasteiger partial charge in [0.2, 0.25) is 5.91 Å². The number of hydrogen-bond acceptors (Lipinski definition) is 5. The van der Waals surface area contributed by atoms with E-state index in [9.17, 15) is 4.79 Å². The highest BCUT2D eigenvalue weighted by atomic mass is 35.5. The molecule has 1 amide bonds. The van der Waals surface area contributed by atoms with Gasteiger partial charge in [0.05, 0.1) is 21.7 Å². The third kappa shape index (κ3) is 4.00. The topological polar surface area (TPSA) is 36.4 Å². The molecule has 7 heteroatoms. The van der Waals surface area contributed by atoms with Crippen LogP contribution in [-0.4, -0.2) is 48.2 Å². The van der Waals surface area contributed by atoms with E-state index < -0.39 is 0 Å². The average molecular weight is 432 g/mol. The molecule has 0 atom stereocenters. The van der Waals surface area contributed by atoms with Gasteiger partial charge in [0, 0.05) is 31.1 Å². The van der Waals surface area contributed by atoms with Crippen LogP contribution in [0.3, 0.4) is 0 Å². The summed E-state index contributed by atoms with van der Waals surface area (Å²) in [7, 11) is 0. The molecule has 4 nitrogen and oxygen atoms in total. The Kier molecular flexibility index (Phi) is 5.80. The van der Waals surface area contributed by atoms with Gasteiger partial charge in [-0.05, 0) is 42.5 Å². The maximum absolute atomic E-state index is 12.7. The van der Waals surface area contributed by atoms with Crippen molar-refractivity contribution in [1.82, 2.24) is 9.88 Å². The Morgan fingerprint density at radius 1 is 1.14 bits per heavy atom. The number of carbonyl (C=O) groups is 1. The first-order chi connectivity index (χ1) is 13.5. The second kappa shape index (κ2) is 8.31. The number of aromatic nitrogens is 1. The molecule has 0 radical (unpaired) electrons. The van der Waals surface area contributed by atoms with Gasteiger partial charge >= 0.3 is 0 Å². The molecular weight excluding hydrogens is 410 g/mol. The summed E-state index contributed by atoms with van der Waals surface area (Å²) in [4.78, 5) is 22.9. The second-order valence-electron chi connectivity index (χ2n) is 6.93. The van der Waals surface area contributed by atoms with Crippen molar-refractivity contribution < 1.29 is 4.79 Å². The van der Waals surface area contributed by atoms with Gasteiger partial charge in [-0.15, -0.1) is 11.8 Å². The second-order valence-corrected chi connectivity index (χ2v) is 9.20. The van der Waals surface area contributed by atoms with E-state index in [0.717, 1.165) is 57.7 Å². The van der Waals surface area contributed by atoms with E-state index in [4.69, 9.17) is 16.6 Å². The lowest BCUT2D eigenvalue weighted by atomic mass is 10.1. The van der Waals surface area contributed by atoms with Crippen LogP contribution in [0.25, 0.3) is 10.2 Å². The zero-order chi connectivity index (χ0) is 19.7. The Balaban J connectivity index is 1.39. The summed E-state index contributed by atoms with van der Waals surface area (Å²) in [6, 6.07) is 12.2. The van der Waals surface area contributed by atoms with Crippen molar-refractivity contribution >= 4 is 56.0 Å². The van der Waals surface area contributed by atoms with Crippen LogP contribution in [0.2, 0.25) is 5.02 Å². The molecule has 2 aromatic carbocycles. The summed E-state index contributed by atoms with van der Waals surface area (Å²) in [5.74, 6) is 0.194. The summed E-state index contributed by atoms with van der Waals surface area (Å²) in [6.07, 6.45) is 2.52. The van der Waals surface area contributed by atoms with E-state index in [1.807, 2.05) is 29.2 Å². The fourth-order valence-corrected chi connectivity index (χ4v) is 5.18. The van der Waals surface area contributed by atoms with Gasteiger partial charge in [0.15, 0.2) is 5.13 Å². The number of aryl methyl sites for hydroxylation is 1. The summed E-state index contributed by atoms with van der Waals surface area (Å²) in [6.45, 7) is 5.11. The van der Waals surface area contributed by atoms with Gasteiger partial charge < -0.3 is 9.80 Å². The quantitative estimate of drug-likeness (QED) is 0.552. The maximum Gasteiger partial charge on any atom is 0.227 e. The number of halogens is 1. The maximum atomic E-state index is 12.7. The number of carbonyl (C=O) groups excluding carboxylic acids is 1. The van der Waals surface area contributed by atoms with Crippen molar-refractivity contribution in [2.24, 2.45) is 0 Å². The molecule has 0 aliphatic carbocycles. The van der Waals surface area contributed by atoms with Crippen LogP contribution in [0.15, 0.2) is 41.3 Å². The molecule has 0 N–H and O–H groups in total. The number of hydrogen-bond donors (Lipinski definition) is 0. The first kappa shape index (κ1) is 19.6. The number of fused-ring (bicyclic) bond motifs is 1. The van der Waals surface area contributed by atoms with E-state index in [0.29, 0.717) is 6.42 Å². The molecule has 0 unspecified atom stereocenters. The van der Waals surface area contributed by atoms with Gasteiger partial charge in [-0.25, -0.2) is 4.98 Å². The number of thiazole rings is 1. The van der Waals surface area contributed by atoms with Crippen molar-refractivity contribution in [2.75, 3.05) is 37.3 Å². The number of anilines is 1. The molecule has 1 aromatic heterocycles. The van der Waals surface area contributed by atoms with E-state index in [1.165, 1.54) is 4.90 Å². The Morgan fingerprint density at radius 3 is 2.50 bits per heavy atom. The zero-order valence-electron chi connectivity index (χ0n) is 15.9. The Hall–Kier alpha value is -1.76. The lowest BCUT2D eigenvalue weighted by Gasteiger charge is -2.34. The molecule has 0 spiro atoms. The Labute approximate surface area is 178 Å². The van der Waals surface area contributed by atoms with Gasteiger partial charge in [0.25, 0.3) is 0 Å². The van der Waals surface area contributed by atoms with Crippen LogP contribution in [0.5, 0.6) is 0 Å². The van der Waals surface area contributed by atoms with Crippen molar-refractivity contribution in [3.8, 4) is 0 Å². The van der Waals surface area contributed by atoms with E-state index in [1.54, 1.807) is 23.1 Å². The standard InChI is InChI=1S/C21H22ClN3OS2/c1-14-3-8-17(22)20-19(14)23-21(28-20)25-11-9-24(10-12-25)18(26)13-15-4-6-16(27-2)7-5-15/h3-8H,9-13H2,1-2H3. The lowest BCUT2D eigenvalue weighted by molar-refractivity contribution is -0.130. The SMILES string of the molecule is CSc1ccc(CC(=O)N2CCN(c3nc4c(C)ccc(Cl)c4s3)CC2)cc1. The van der Waals surface area contributed by atoms with Crippen molar-refractivity contribution in [1.29, 1.82) is 0 Å². The van der Waals surface area contributed by atoms with Crippen LogP contribution in [-0.2, 0) is 11.2 Å². The van der Waals surface area contributed by atoms with Gasteiger partial charge in [-0.3, -0.25) is 4.79 Å². The van der Waals surface area contributed by atoms with Crippen LogP contribution >= 0.6 is 34.7 Å². The molecule has 1 aliphatic heterocycles. The van der Waals surface area contributed by atoms with E-state index in [2.05, 4.69) is 30.2 Å². The first-order valence-electron chi connectivity index (χ1n) is 9.26. The minimum atomic E-state index is 0.194. The monoisotopic (exact) mass is 431 g/mol. The number of piperazine rings is 1. The number of amides is 1. The van der Waals surface area contributed by atoms with E-state index in [-0.39, 0.29) is 5.91 Å². The number of thioether (sulfide) groups is 1. The Morgan fingerprint density at radius 2 is 1.86 bits per heavy atom. The predicted molar refractivity (Wildman–Crippen MR) is 120 cm³/mol. The summed E-state index contributed by atoms with van der Waals surface area (Å²) >= 11 is 9.69. The molecule has 4 rings (SSSR count). The smallest absolute Gasteiger partial charge is 0.227 e. The minimum Gasteiger partial charge on any atom is -0.345 e. The molecule has 0 saturated carbocycles. The van der Waals surface area contributed by atoms with Gasteiger partial charge in [-0.2, -0.15) is 0 Å². The largest absolute Gasteiger partial charge is 0.345 e. The fraction of sp³-hybridized carbons (Fsp3) is 0.333. The number of benzene rings is 2. The minimum absolute atomic E-state index is 0.194. The normalized spacial score (nSPS) is 14.7. The van der Waals surface area contributed by atoms with Crippen LogP contribution in [0.1, 0.15) is 11.1 Å². The van der Waals surface area contributed by atoms with E-state index >= 15 is 0 Å². The highest BCUT2D eigenvalue weighted by Crippen LogP contribution is 2.35. The van der Waals surface area contributed by atoms with Gasteiger partial charge in [0.1, 0.15) is 0 Å². The van der Waals surface area contributed by atoms with Crippen molar-refractivity contribution in [3.05, 3.63) is 52.5 Å². The summed E-state index contributed by atoms with van der Waals surface area (Å²) < 4.78 is 1.05. The molecule has 146 valence electrons. The number of nitrogens with zero attached hydrogens (tertiary/aromatic N) is 3. The highest BCUT2D eigenvalue weighted by molar-refractivity contribution is 7.98. The molecule has 3 aromatic rings. The number of rotatable bonds is 4. The molecular formula is C21H22ClN3OS2. The predicted octanol–water partition coefficient (Wildman–Crippen LogP) is 4.87. The summed E-state index contributed by atoms with van der Waals surface area (Å²) in [5, 5.41) is 1.75. The molecule has 1 fully saturated rings. The van der Waals surface area contributed by atoms with Gasteiger partial charge in [-0.1, -0.05) is 41.1 Å². The molecule has 1 aliphatic rings. The Bertz CT molecular complexity index is 956. The van der Waals surface area contributed by atoms with Crippen molar-refractivity contribution in [3.63, 3.8) is 0 Å². The molecule has 2 heterocycles. The van der Waals surface area contributed by atoms with Crippen molar-refractivity contribution in [2.45, 2.75) is 18.2 Å². The highest BCUT2D eigenvalue weighted by Gasteiger charge is 2.23. The zero-order valence-corrected chi connectivity index (χ0v) is 18.3. The fourth-order valence-electron chi connectivity index (χ4n) is 3.40. The first-order valence-corrected chi connectivity index (χ1v) is 11.7. The third-order valence-electron chi connectivity index (χ3n) is 5.10. The molecule has 28 heavy (non-hydrogen) atoms. The summed E-state index contributed by atoms with van der Waals surface area (Å²) in [5.41, 5.74) is 3.20. The van der Waals surface area contributed by atoms with Crippen LogP contribution in [0.4, 0.5) is 5.13 Å².